The molecule has 0 radical (unpaired) electrons. The van der Waals surface area contributed by atoms with Crippen molar-refractivity contribution < 1.29 is 29.0 Å². The van der Waals surface area contributed by atoms with Gasteiger partial charge in [-0.05, 0) is 47.5 Å². The topological polar surface area (TPSA) is 102 Å². The van der Waals surface area contributed by atoms with Gasteiger partial charge in [0, 0.05) is 5.69 Å². The molecular weight excluding hydrogens is 374 g/mol. The van der Waals surface area contributed by atoms with Crippen molar-refractivity contribution in [3.05, 3.63) is 71.3 Å². The van der Waals surface area contributed by atoms with E-state index in [1.54, 1.807) is 25.1 Å². The predicted molar refractivity (Wildman–Crippen MR) is 107 cm³/mol. The summed E-state index contributed by atoms with van der Waals surface area (Å²) < 4.78 is 9.69. The highest BCUT2D eigenvalue weighted by atomic mass is 16.5. The van der Waals surface area contributed by atoms with Crippen molar-refractivity contribution in [2.45, 2.75) is 6.92 Å². The molecule has 0 spiro atoms. The Labute approximate surface area is 166 Å². The predicted octanol–water partition coefficient (Wildman–Crippen LogP) is 3.44. The molecule has 7 nitrogen and oxygen atoms in total. The molecule has 0 unspecified atom stereocenters. The summed E-state index contributed by atoms with van der Waals surface area (Å²) in [5.41, 5.74) is 1.39. The number of methoxy groups -OCH3 is 1. The number of aromatic hydroxyl groups is 1. The van der Waals surface area contributed by atoms with Crippen LogP contribution in [0.25, 0.3) is 10.8 Å². The van der Waals surface area contributed by atoms with Crippen molar-refractivity contribution in [1.29, 1.82) is 0 Å². The van der Waals surface area contributed by atoms with Crippen LogP contribution in [0.4, 0.5) is 5.69 Å². The first kappa shape index (κ1) is 19.9. The summed E-state index contributed by atoms with van der Waals surface area (Å²) >= 11 is 0. The van der Waals surface area contributed by atoms with Crippen LogP contribution in [0.1, 0.15) is 26.3 Å². The molecule has 0 atom stereocenters. The third-order valence-corrected chi connectivity index (χ3v) is 4.35. The van der Waals surface area contributed by atoms with Crippen molar-refractivity contribution in [3.8, 4) is 5.75 Å². The molecule has 2 N–H and O–H groups in total. The lowest BCUT2D eigenvalue weighted by Crippen LogP contribution is -2.21. The van der Waals surface area contributed by atoms with Crippen LogP contribution < -0.4 is 5.32 Å². The van der Waals surface area contributed by atoms with Gasteiger partial charge in [0.2, 0.25) is 0 Å². The van der Waals surface area contributed by atoms with E-state index in [4.69, 9.17) is 4.74 Å². The summed E-state index contributed by atoms with van der Waals surface area (Å²) in [5, 5.41) is 14.2. The number of carbonyl (C=O) groups excluding carboxylic acids is 3. The smallest absolute Gasteiger partial charge is 0.342 e. The number of nitrogens with one attached hydrogen (secondary N) is 1. The van der Waals surface area contributed by atoms with Gasteiger partial charge >= 0.3 is 11.9 Å². The van der Waals surface area contributed by atoms with Crippen LogP contribution in [-0.4, -0.2) is 36.7 Å². The summed E-state index contributed by atoms with van der Waals surface area (Å²) in [5.74, 6) is -2.15. The minimum absolute atomic E-state index is 0.0274. The lowest BCUT2D eigenvalue weighted by atomic mass is 10.1. The Morgan fingerprint density at radius 2 is 1.66 bits per heavy atom. The second-order valence-corrected chi connectivity index (χ2v) is 6.36. The minimum atomic E-state index is -0.816. The van der Waals surface area contributed by atoms with Crippen LogP contribution in [-0.2, 0) is 14.3 Å². The van der Waals surface area contributed by atoms with Crippen molar-refractivity contribution in [2.24, 2.45) is 0 Å². The number of ether oxygens (including phenoxy) is 2. The number of benzene rings is 3. The number of carbonyl (C=O) groups is 3. The van der Waals surface area contributed by atoms with Gasteiger partial charge in [0.15, 0.2) is 6.61 Å². The average Bonchev–Trinajstić information content (AvgIpc) is 2.72. The molecule has 3 aromatic carbocycles. The zero-order valence-electron chi connectivity index (χ0n) is 15.9. The van der Waals surface area contributed by atoms with Gasteiger partial charge in [0.25, 0.3) is 5.91 Å². The normalized spacial score (nSPS) is 10.4. The van der Waals surface area contributed by atoms with E-state index in [-0.39, 0.29) is 16.9 Å². The standard InChI is InChI=1S/C22H19NO6/c1-13-7-8-16(21(26)28-2)10-18(13)23-20(25)12-29-22(27)17-9-14-5-3-4-6-15(14)11-19(17)24/h3-11,24H,12H2,1-2H3,(H,23,25). The Bertz CT molecular complexity index is 1110. The van der Waals surface area contributed by atoms with Gasteiger partial charge in [-0.15, -0.1) is 0 Å². The number of phenolic OH excluding ortho intramolecular Hbond substituents is 1. The van der Waals surface area contributed by atoms with Crippen molar-refractivity contribution >= 4 is 34.3 Å². The van der Waals surface area contributed by atoms with Crippen molar-refractivity contribution in [3.63, 3.8) is 0 Å². The zero-order valence-corrected chi connectivity index (χ0v) is 15.9. The first-order valence-electron chi connectivity index (χ1n) is 8.76. The van der Waals surface area contributed by atoms with E-state index in [1.807, 2.05) is 18.2 Å². The zero-order chi connectivity index (χ0) is 21.0. The van der Waals surface area contributed by atoms with Crippen LogP contribution in [0.3, 0.4) is 0 Å². The third-order valence-electron chi connectivity index (χ3n) is 4.35. The molecule has 0 fully saturated rings. The number of anilines is 1. The van der Waals surface area contributed by atoms with E-state index in [0.29, 0.717) is 5.69 Å². The number of amides is 1. The van der Waals surface area contributed by atoms with Gasteiger partial charge in [-0.3, -0.25) is 4.79 Å². The maximum Gasteiger partial charge on any atom is 0.342 e. The third kappa shape index (κ3) is 4.52. The quantitative estimate of drug-likeness (QED) is 0.644. The molecule has 29 heavy (non-hydrogen) atoms. The summed E-state index contributed by atoms with van der Waals surface area (Å²) in [6, 6.07) is 14.9. The van der Waals surface area contributed by atoms with E-state index in [9.17, 15) is 19.5 Å². The van der Waals surface area contributed by atoms with E-state index in [0.717, 1.165) is 16.3 Å². The lowest BCUT2D eigenvalue weighted by molar-refractivity contribution is -0.119. The van der Waals surface area contributed by atoms with Gasteiger partial charge in [0.05, 0.1) is 12.7 Å². The molecule has 3 aromatic rings. The summed E-state index contributed by atoms with van der Waals surface area (Å²) in [4.78, 5) is 36.1. The van der Waals surface area contributed by atoms with Crippen LogP contribution in [0.2, 0.25) is 0 Å². The van der Waals surface area contributed by atoms with Gasteiger partial charge in [-0.25, -0.2) is 9.59 Å². The fraction of sp³-hybridized carbons (Fsp3) is 0.136. The van der Waals surface area contributed by atoms with Gasteiger partial charge < -0.3 is 19.9 Å². The Kier molecular flexibility index (Phi) is 5.78. The molecule has 0 saturated carbocycles. The lowest BCUT2D eigenvalue weighted by Gasteiger charge is -2.11. The first-order chi connectivity index (χ1) is 13.9. The molecule has 7 heteroatoms. The maximum atomic E-state index is 12.3. The van der Waals surface area contributed by atoms with Crippen molar-refractivity contribution in [2.75, 3.05) is 19.0 Å². The number of rotatable bonds is 5. The van der Waals surface area contributed by atoms with Crippen molar-refractivity contribution in [1.82, 2.24) is 0 Å². The number of esters is 2. The maximum absolute atomic E-state index is 12.3. The Morgan fingerprint density at radius 3 is 2.34 bits per heavy atom. The van der Waals surface area contributed by atoms with E-state index in [2.05, 4.69) is 10.1 Å². The van der Waals surface area contributed by atoms with Gasteiger partial charge in [0.1, 0.15) is 11.3 Å². The second-order valence-electron chi connectivity index (χ2n) is 6.36. The van der Waals surface area contributed by atoms with Crippen LogP contribution in [0.15, 0.2) is 54.6 Å². The number of aryl methyl sites for hydroxylation is 1. The fourth-order valence-electron chi connectivity index (χ4n) is 2.79. The SMILES string of the molecule is COC(=O)c1ccc(C)c(NC(=O)COC(=O)c2cc3ccccc3cc2O)c1. The number of hydrogen-bond acceptors (Lipinski definition) is 6. The van der Waals surface area contributed by atoms with Crippen LogP contribution in [0, 0.1) is 6.92 Å². The molecule has 0 bridgehead atoms. The summed E-state index contributed by atoms with van der Waals surface area (Å²) in [6.07, 6.45) is 0. The fourth-order valence-corrected chi connectivity index (χ4v) is 2.79. The molecular formula is C22H19NO6. The second kappa shape index (κ2) is 8.43. The number of fused-ring (bicyclic) bond motifs is 1. The molecule has 0 heterocycles. The Morgan fingerprint density at radius 1 is 0.966 bits per heavy atom. The first-order valence-corrected chi connectivity index (χ1v) is 8.76. The highest BCUT2D eigenvalue weighted by Crippen LogP contribution is 2.25. The highest BCUT2D eigenvalue weighted by molar-refractivity contribution is 6.01. The van der Waals surface area contributed by atoms with Crippen LogP contribution >= 0.6 is 0 Å². The van der Waals surface area contributed by atoms with Gasteiger partial charge in [-0.1, -0.05) is 30.3 Å². The number of hydrogen-bond donors (Lipinski definition) is 2. The van der Waals surface area contributed by atoms with Crippen LogP contribution in [0.5, 0.6) is 5.75 Å². The summed E-state index contributed by atoms with van der Waals surface area (Å²) in [7, 11) is 1.27. The molecule has 3 rings (SSSR count). The molecule has 0 aliphatic carbocycles. The molecule has 148 valence electrons. The monoisotopic (exact) mass is 393 g/mol. The van der Waals surface area contributed by atoms with E-state index < -0.39 is 24.5 Å². The average molecular weight is 393 g/mol. The van der Waals surface area contributed by atoms with Gasteiger partial charge in [-0.2, -0.15) is 0 Å². The molecule has 0 saturated heterocycles. The molecule has 1 amide bonds. The summed E-state index contributed by atoms with van der Waals surface area (Å²) in [6.45, 7) is 1.21. The van der Waals surface area contributed by atoms with E-state index in [1.165, 1.54) is 25.3 Å². The number of phenols is 1. The molecule has 0 aliphatic rings. The largest absolute Gasteiger partial charge is 0.507 e. The Balaban J connectivity index is 1.67. The van der Waals surface area contributed by atoms with E-state index >= 15 is 0 Å². The Hall–Kier alpha value is -3.87. The molecule has 0 aliphatic heterocycles. The molecule has 0 aromatic heterocycles. The minimum Gasteiger partial charge on any atom is -0.507 e. The highest BCUT2D eigenvalue weighted by Gasteiger charge is 2.16.